The van der Waals surface area contributed by atoms with Gasteiger partial charge in [0.2, 0.25) is 0 Å². The van der Waals surface area contributed by atoms with Crippen LogP contribution in [0.25, 0.3) is 0 Å². The largest absolute Gasteiger partial charge is 0.383 e. The minimum atomic E-state index is -0.0338. The number of aryl methyl sites for hydroxylation is 1. The number of ether oxygens (including phenoxy) is 1. The molecule has 0 unspecified atom stereocenters. The molecule has 1 aromatic rings. The van der Waals surface area contributed by atoms with Gasteiger partial charge >= 0.3 is 0 Å². The predicted molar refractivity (Wildman–Crippen MR) is 73.9 cm³/mol. The van der Waals surface area contributed by atoms with E-state index in [0.29, 0.717) is 31.7 Å². The standard InChI is InChI=1S/C15H20N2O2/c1-12-6-4-7-14(13(12)2)15(18)17(9-5-8-16)10-11-19-3/h4,6-7H,5,9-11H2,1-3H3. The zero-order valence-corrected chi connectivity index (χ0v) is 11.8. The van der Waals surface area contributed by atoms with Crippen molar-refractivity contribution in [1.82, 2.24) is 4.90 Å². The molecule has 0 atom stereocenters. The normalized spacial score (nSPS) is 10.0. The summed E-state index contributed by atoms with van der Waals surface area (Å²) >= 11 is 0. The van der Waals surface area contributed by atoms with Crippen LogP contribution in [0.3, 0.4) is 0 Å². The van der Waals surface area contributed by atoms with Crippen LogP contribution in [0.5, 0.6) is 0 Å². The molecular formula is C15H20N2O2. The van der Waals surface area contributed by atoms with Gasteiger partial charge < -0.3 is 9.64 Å². The number of nitrogens with zero attached hydrogens (tertiary/aromatic N) is 2. The Balaban J connectivity index is 2.91. The van der Waals surface area contributed by atoms with E-state index in [1.807, 2.05) is 32.0 Å². The molecule has 0 heterocycles. The van der Waals surface area contributed by atoms with Crippen molar-refractivity contribution in [3.05, 3.63) is 34.9 Å². The molecule has 4 nitrogen and oxygen atoms in total. The van der Waals surface area contributed by atoms with Gasteiger partial charge in [-0.15, -0.1) is 0 Å². The molecule has 0 aliphatic heterocycles. The van der Waals surface area contributed by atoms with Gasteiger partial charge in [-0.2, -0.15) is 5.26 Å². The highest BCUT2D eigenvalue weighted by Crippen LogP contribution is 2.15. The van der Waals surface area contributed by atoms with E-state index in [2.05, 4.69) is 6.07 Å². The molecule has 0 N–H and O–H groups in total. The highest BCUT2D eigenvalue weighted by Gasteiger charge is 2.17. The van der Waals surface area contributed by atoms with Gasteiger partial charge in [0, 0.05) is 25.8 Å². The maximum absolute atomic E-state index is 12.5. The van der Waals surface area contributed by atoms with Gasteiger partial charge in [0.05, 0.1) is 19.1 Å². The van der Waals surface area contributed by atoms with Crippen molar-refractivity contribution in [3.63, 3.8) is 0 Å². The number of benzene rings is 1. The second-order valence-electron chi connectivity index (χ2n) is 4.44. The summed E-state index contributed by atoms with van der Waals surface area (Å²) in [6.45, 7) is 5.35. The molecule has 0 saturated heterocycles. The van der Waals surface area contributed by atoms with Gasteiger partial charge in [0.1, 0.15) is 0 Å². The second kappa shape index (κ2) is 7.55. The second-order valence-corrected chi connectivity index (χ2v) is 4.44. The fourth-order valence-corrected chi connectivity index (χ4v) is 1.85. The SMILES string of the molecule is COCCN(CCC#N)C(=O)c1cccc(C)c1C. The number of rotatable bonds is 6. The average Bonchev–Trinajstić information content (AvgIpc) is 2.41. The molecule has 0 spiro atoms. The Morgan fingerprint density at radius 3 is 2.74 bits per heavy atom. The van der Waals surface area contributed by atoms with E-state index in [4.69, 9.17) is 10.00 Å². The number of methoxy groups -OCH3 is 1. The summed E-state index contributed by atoms with van der Waals surface area (Å²) in [6, 6.07) is 7.77. The zero-order valence-electron chi connectivity index (χ0n) is 11.8. The van der Waals surface area contributed by atoms with Crippen molar-refractivity contribution < 1.29 is 9.53 Å². The molecule has 0 fully saturated rings. The Kier molecular flexibility index (Phi) is 6.04. The Morgan fingerprint density at radius 1 is 1.37 bits per heavy atom. The maximum Gasteiger partial charge on any atom is 0.254 e. The molecule has 1 aromatic carbocycles. The lowest BCUT2D eigenvalue weighted by Crippen LogP contribution is -2.35. The van der Waals surface area contributed by atoms with E-state index in [1.54, 1.807) is 12.0 Å². The number of amides is 1. The van der Waals surface area contributed by atoms with Crippen LogP contribution >= 0.6 is 0 Å². The van der Waals surface area contributed by atoms with Crippen LogP contribution in [0.15, 0.2) is 18.2 Å². The highest BCUT2D eigenvalue weighted by atomic mass is 16.5. The van der Waals surface area contributed by atoms with E-state index < -0.39 is 0 Å². The molecule has 4 heteroatoms. The minimum absolute atomic E-state index is 0.0338. The molecule has 0 aliphatic carbocycles. The summed E-state index contributed by atoms with van der Waals surface area (Å²) in [5, 5.41) is 8.67. The Labute approximate surface area is 114 Å². The quantitative estimate of drug-likeness (QED) is 0.788. The summed E-state index contributed by atoms with van der Waals surface area (Å²) < 4.78 is 5.02. The predicted octanol–water partition coefficient (Wildman–Crippen LogP) is 2.31. The van der Waals surface area contributed by atoms with E-state index in [1.165, 1.54) is 0 Å². The highest BCUT2D eigenvalue weighted by molar-refractivity contribution is 5.96. The summed E-state index contributed by atoms with van der Waals surface area (Å²) in [4.78, 5) is 14.2. The maximum atomic E-state index is 12.5. The first-order valence-electron chi connectivity index (χ1n) is 6.33. The van der Waals surface area contributed by atoms with E-state index in [-0.39, 0.29) is 5.91 Å². The van der Waals surface area contributed by atoms with Crippen LogP contribution in [0.1, 0.15) is 27.9 Å². The minimum Gasteiger partial charge on any atom is -0.383 e. The van der Waals surface area contributed by atoms with E-state index in [0.717, 1.165) is 11.1 Å². The van der Waals surface area contributed by atoms with Gasteiger partial charge in [0.15, 0.2) is 0 Å². The van der Waals surface area contributed by atoms with Gasteiger partial charge in [-0.1, -0.05) is 12.1 Å². The third-order valence-corrected chi connectivity index (χ3v) is 3.18. The fourth-order valence-electron chi connectivity index (χ4n) is 1.85. The van der Waals surface area contributed by atoms with Crippen molar-refractivity contribution >= 4 is 5.91 Å². The molecule has 1 amide bonds. The first-order valence-corrected chi connectivity index (χ1v) is 6.33. The lowest BCUT2D eigenvalue weighted by molar-refractivity contribution is 0.0699. The van der Waals surface area contributed by atoms with Crippen LogP contribution in [-0.2, 0) is 4.74 Å². The molecule has 0 radical (unpaired) electrons. The Hall–Kier alpha value is -1.86. The molecule has 0 saturated carbocycles. The topological polar surface area (TPSA) is 53.3 Å². The monoisotopic (exact) mass is 260 g/mol. The molecule has 0 aromatic heterocycles. The number of carbonyl (C=O) groups is 1. The van der Waals surface area contributed by atoms with Crippen LogP contribution in [0, 0.1) is 25.2 Å². The van der Waals surface area contributed by atoms with Crippen molar-refractivity contribution in [1.29, 1.82) is 5.26 Å². The van der Waals surface area contributed by atoms with Gasteiger partial charge in [-0.25, -0.2) is 0 Å². The van der Waals surface area contributed by atoms with Gasteiger partial charge in [0.25, 0.3) is 5.91 Å². The first-order chi connectivity index (χ1) is 9.11. The molecule has 19 heavy (non-hydrogen) atoms. The summed E-state index contributed by atoms with van der Waals surface area (Å²) in [5.74, 6) is -0.0338. The molecule has 0 aliphatic rings. The third kappa shape index (κ3) is 4.08. The lowest BCUT2D eigenvalue weighted by Gasteiger charge is -2.22. The summed E-state index contributed by atoms with van der Waals surface area (Å²) in [7, 11) is 1.60. The molecule has 102 valence electrons. The van der Waals surface area contributed by atoms with Crippen molar-refractivity contribution in [2.24, 2.45) is 0 Å². The van der Waals surface area contributed by atoms with Crippen LogP contribution in [0.2, 0.25) is 0 Å². The van der Waals surface area contributed by atoms with E-state index in [9.17, 15) is 4.79 Å². The first kappa shape index (κ1) is 15.2. The summed E-state index contributed by atoms with van der Waals surface area (Å²) in [5.41, 5.74) is 2.79. The number of nitriles is 1. The van der Waals surface area contributed by atoms with Crippen LogP contribution in [-0.4, -0.2) is 37.6 Å². The van der Waals surface area contributed by atoms with Crippen molar-refractivity contribution in [2.75, 3.05) is 26.8 Å². The third-order valence-electron chi connectivity index (χ3n) is 3.18. The summed E-state index contributed by atoms with van der Waals surface area (Å²) in [6.07, 6.45) is 0.334. The van der Waals surface area contributed by atoms with Gasteiger partial charge in [-0.05, 0) is 31.0 Å². The fraction of sp³-hybridized carbons (Fsp3) is 0.467. The Bertz CT molecular complexity index is 478. The van der Waals surface area contributed by atoms with Crippen molar-refractivity contribution in [2.45, 2.75) is 20.3 Å². The molecule has 1 rings (SSSR count). The lowest BCUT2D eigenvalue weighted by atomic mass is 10.0. The van der Waals surface area contributed by atoms with Crippen molar-refractivity contribution in [3.8, 4) is 6.07 Å². The molecule has 0 bridgehead atoms. The average molecular weight is 260 g/mol. The van der Waals surface area contributed by atoms with E-state index >= 15 is 0 Å². The smallest absolute Gasteiger partial charge is 0.254 e. The Morgan fingerprint density at radius 2 is 2.11 bits per heavy atom. The van der Waals surface area contributed by atoms with Crippen LogP contribution < -0.4 is 0 Å². The number of hydrogen-bond acceptors (Lipinski definition) is 3. The van der Waals surface area contributed by atoms with Crippen LogP contribution in [0.4, 0.5) is 0 Å². The molecular weight excluding hydrogens is 240 g/mol. The van der Waals surface area contributed by atoms with Gasteiger partial charge in [-0.3, -0.25) is 4.79 Å². The number of hydrogen-bond donors (Lipinski definition) is 0. The number of carbonyl (C=O) groups excluding carboxylic acids is 1. The zero-order chi connectivity index (χ0) is 14.3.